The molecule has 0 fully saturated rings. The van der Waals surface area contributed by atoms with Crippen LogP contribution in [0.4, 0.5) is 0 Å². The summed E-state index contributed by atoms with van der Waals surface area (Å²) in [5, 5.41) is 0. The molecule has 6 heteroatoms. The fourth-order valence-electron chi connectivity index (χ4n) is 2.93. The van der Waals surface area contributed by atoms with Crippen LogP contribution in [0.2, 0.25) is 0 Å². The van der Waals surface area contributed by atoms with Gasteiger partial charge in [-0.3, -0.25) is 0 Å². The average molecular weight is 391 g/mol. The number of aryl methyl sites for hydroxylation is 2. The van der Waals surface area contributed by atoms with Gasteiger partial charge in [-0.15, -0.1) is 0 Å². The number of nitrogens with one attached hydrogen (secondary N) is 1. The number of nitrogens with zero attached hydrogens (tertiary/aromatic N) is 1. The SMILES string of the molecule is Cc1cc(C)c(C)c(S(=O)(=O)NCc2cccc(OCCN(C)C)c2)c1C. The largest absolute Gasteiger partial charge is 0.492 e. The summed E-state index contributed by atoms with van der Waals surface area (Å²) in [6, 6.07) is 9.55. The zero-order valence-electron chi connectivity index (χ0n) is 17.1. The van der Waals surface area contributed by atoms with E-state index in [1.165, 1.54) is 0 Å². The third-order valence-electron chi connectivity index (χ3n) is 4.74. The summed E-state index contributed by atoms with van der Waals surface area (Å²) in [5.74, 6) is 0.743. The molecule has 0 saturated heterocycles. The van der Waals surface area contributed by atoms with Gasteiger partial charge in [-0.05, 0) is 81.7 Å². The highest BCUT2D eigenvalue weighted by atomic mass is 32.2. The van der Waals surface area contributed by atoms with Crippen molar-refractivity contribution >= 4 is 10.0 Å². The Kier molecular flexibility index (Phi) is 7.03. The molecular weight excluding hydrogens is 360 g/mol. The van der Waals surface area contributed by atoms with Crippen LogP contribution in [-0.2, 0) is 16.6 Å². The minimum atomic E-state index is -3.60. The maximum atomic E-state index is 12.9. The molecule has 0 heterocycles. The Balaban J connectivity index is 2.15. The van der Waals surface area contributed by atoms with E-state index < -0.39 is 10.0 Å². The van der Waals surface area contributed by atoms with Crippen molar-refractivity contribution in [2.45, 2.75) is 39.1 Å². The summed E-state index contributed by atoms with van der Waals surface area (Å²) in [7, 11) is 0.380. The Labute approximate surface area is 163 Å². The lowest BCUT2D eigenvalue weighted by molar-refractivity contribution is 0.261. The summed E-state index contributed by atoms with van der Waals surface area (Å²) in [4.78, 5) is 2.44. The quantitative estimate of drug-likeness (QED) is 0.751. The molecule has 0 spiro atoms. The van der Waals surface area contributed by atoms with Gasteiger partial charge in [0.15, 0.2) is 0 Å². The molecule has 5 nitrogen and oxygen atoms in total. The molecule has 2 aromatic carbocycles. The van der Waals surface area contributed by atoms with E-state index in [1.54, 1.807) is 0 Å². The number of hydrogen-bond acceptors (Lipinski definition) is 4. The van der Waals surface area contributed by atoms with Crippen molar-refractivity contribution in [3.05, 3.63) is 58.1 Å². The van der Waals surface area contributed by atoms with Gasteiger partial charge >= 0.3 is 0 Å². The van der Waals surface area contributed by atoms with Crippen LogP contribution in [0.15, 0.2) is 35.2 Å². The third kappa shape index (κ3) is 5.54. The van der Waals surface area contributed by atoms with Crippen molar-refractivity contribution in [3.8, 4) is 5.75 Å². The molecule has 0 unspecified atom stereocenters. The Morgan fingerprint density at radius 2 is 1.63 bits per heavy atom. The molecule has 0 radical (unpaired) electrons. The number of hydrogen-bond donors (Lipinski definition) is 1. The monoisotopic (exact) mass is 390 g/mol. The lowest BCUT2D eigenvalue weighted by atomic mass is 10.0. The Hall–Kier alpha value is -1.89. The highest BCUT2D eigenvalue weighted by molar-refractivity contribution is 7.89. The van der Waals surface area contributed by atoms with Crippen LogP contribution in [0.25, 0.3) is 0 Å². The normalized spacial score (nSPS) is 11.8. The minimum absolute atomic E-state index is 0.221. The summed E-state index contributed by atoms with van der Waals surface area (Å²) in [5.41, 5.74) is 4.42. The summed E-state index contributed by atoms with van der Waals surface area (Å²) >= 11 is 0. The van der Waals surface area contributed by atoms with Crippen LogP contribution in [0.5, 0.6) is 5.75 Å². The molecule has 0 amide bonds. The van der Waals surface area contributed by atoms with Gasteiger partial charge in [0.1, 0.15) is 12.4 Å². The molecule has 148 valence electrons. The zero-order chi connectivity index (χ0) is 20.2. The van der Waals surface area contributed by atoms with Gasteiger partial charge in [0.2, 0.25) is 10.0 Å². The Morgan fingerprint density at radius 1 is 1.00 bits per heavy atom. The second-order valence-electron chi connectivity index (χ2n) is 7.21. The lowest BCUT2D eigenvalue weighted by Crippen LogP contribution is -2.25. The van der Waals surface area contributed by atoms with Gasteiger partial charge < -0.3 is 9.64 Å². The van der Waals surface area contributed by atoms with Crippen molar-refractivity contribution < 1.29 is 13.2 Å². The lowest BCUT2D eigenvalue weighted by Gasteiger charge is -2.16. The van der Waals surface area contributed by atoms with E-state index >= 15 is 0 Å². The van der Waals surface area contributed by atoms with Crippen molar-refractivity contribution in [1.29, 1.82) is 0 Å². The van der Waals surface area contributed by atoms with E-state index in [4.69, 9.17) is 4.74 Å². The molecule has 0 atom stereocenters. The molecule has 0 aliphatic heterocycles. The molecule has 0 saturated carbocycles. The standard InChI is InChI=1S/C21H30N2O3S/c1-15-12-16(2)18(4)21(17(15)3)27(24,25)22-14-19-8-7-9-20(13-19)26-11-10-23(5)6/h7-9,12-13,22H,10-11,14H2,1-6H3. The Bertz CT molecular complexity index is 880. The number of benzene rings is 2. The van der Waals surface area contributed by atoms with E-state index in [-0.39, 0.29) is 6.54 Å². The average Bonchev–Trinajstić information content (AvgIpc) is 2.58. The molecule has 0 bridgehead atoms. The van der Waals surface area contributed by atoms with E-state index in [1.807, 2.05) is 77.0 Å². The number of sulfonamides is 1. The van der Waals surface area contributed by atoms with E-state index in [9.17, 15) is 8.42 Å². The summed E-state index contributed by atoms with van der Waals surface area (Å²) < 4.78 is 34.3. The van der Waals surface area contributed by atoms with Gasteiger partial charge in [0.05, 0.1) is 4.90 Å². The number of ether oxygens (including phenoxy) is 1. The fraction of sp³-hybridized carbons (Fsp3) is 0.429. The minimum Gasteiger partial charge on any atom is -0.492 e. The van der Waals surface area contributed by atoms with Crippen LogP contribution in [0.3, 0.4) is 0 Å². The maximum Gasteiger partial charge on any atom is 0.241 e. The molecule has 1 N–H and O–H groups in total. The molecule has 2 aromatic rings. The molecule has 2 rings (SSSR count). The predicted octanol–water partition coefficient (Wildman–Crippen LogP) is 3.34. The Morgan fingerprint density at radius 3 is 2.22 bits per heavy atom. The second kappa shape index (κ2) is 8.87. The van der Waals surface area contributed by atoms with Crippen molar-refractivity contribution in [2.24, 2.45) is 0 Å². The van der Waals surface area contributed by atoms with Gasteiger partial charge in [0, 0.05) is 13.1 Å². The summed E-state index contributed by atoms with van der Waals surface area (Å²) in [6.45, 7) is 9.22. The highest BCUT2D eigenvalue weighted by Crippen LogP contribution is 2.26. The van der Waals surface area contributed by atoms with E-state index in [0.29, 0.717) is 11.5 Å². The molecule has 0 aliphatic carbocycles. The molecule has 27 heavy (non-hydrogen) atoms. The van der Waals surface area contributed by atoms with Crippen molar-refractivity contribution in [2.75, 3.05) is 27.2 Å². The second-order valence-corrected chi connectivity index (χ2v) is 8.92. The predicted molar refractivity (Wildman–Crippen MR) is 110 cm³/mol. The molecule has 0 aromatic heterocycles. The first-order chi connectivity index (χ1) is 12.6. The zero-order valence-corrected chi connectivity index (χ0v) is 17.9. The van der Waals surface area contributed by atoms with Gasteiger partial charge in [-0.25, -0.2) is 13.1 Å². The third-order valence-corrected chi connectivity index (χ3v) is 6.41. The first-order valence-electron chi connectivity index (χ1n) is 9.05. The maximum absolute atomic E-state index is 12.9. The van der Waals surface area contributed by atoms with E-state index in [0.717, 1.165) is 40.1 Å². The topological polar surface area (TPSA) is 58.6 Å². The van der Waals surface area contributed by atoms with Crippen LogP contribution in [0.1, 0.15) is 27.8 Å². The number of rotatable bonds is 8. The highest BCUT2D eigenvalue weighted by Gasteiger charge is 2.21. The fourth-order valence-corrected chi connectivity index (χ4v) is 4.55. The summed E-state index contributed by atoms with van der Waals surface area (Å²) in [6.07, 6.45) is 0. The number of likely N-dealkylation sites (N-methyl/N-ethyl adjacent to an activating group) is 1. The van der Waals surface area contributed by atoms with Crippen molar-refractivity contribution in [1.82, 2.24) is 9.62 Å². The van der Waals surface area contributed by atoms with Gasteiger partial charge in [-0.1, -0.05) is 18.2 Å². The van der Waals surface area contributed by atoms with Gasteiger partial charge in [-0.2, -0.15) is 0 Å². The van der Waals surface area contributed by atoms with Crippen LogP contribution >= 0.6 is 0 Å². The van der Waals surface area contributed by atoms with Crippen LogP contribution in [0, 0.1) is 27.7 Å². The van der Waals surface area contributed by atoms with Crippen LogP contribution < -0.4 is 9.46 Å². The molecular formula is C21H30N2O3S. The van der Waals surface area contributed by atoms with Gasteiger partial charge in [0.25, 0.3) is 0 Å². The van der Waals surface area contributed by atoms with Crippen molar-refractivity contribution in [3.63, 3.8) is 0 Å². The molecule has 0 aliphatic rings. The van der Waals surface area contributed by atoms with E-state index in [2.05, 4.69) is 4.72 Å². The first-order valence-corrected chi connectivity index (χ1v) is 10.5. The van der Waals surface area contributed by atoms with Crippen LogP contribution in [-0.4, -0.2) is 40.6 Å². The smallest absolute Gasteiger partial charge is 0.241 e. The first kappa shape index (κ1) is 21.4.